The molecule has 2 aromatic carbocycles. The van der Waals surface area contributed by atoms with Crippen LogP contribution in [-0.4, -0.2) is 52.6 Å². The Labute approximate surface area is 250 Å². The first-order valence-corrected chi connectivity index (χ1v) is 17.2. The molecule has 2 aliphatic heterocycles. The Morgan fingerprint density at radius 1 is 1.18 bits per heavy atom. The van der Waals surface area contributed by atoms with E-state index in [0.717, 1.165) is 66.1 Å². The summed E-state index contributed by atoms with van der Waals surface area (Å²) in [7, 11) is -2.82. The number of aliphatic hydroxyl groups excluding tert-OH is 1. The molecule has 2 bridgehead atoms. The lowest BCUT2D eigenvalue weighted by molar-refractivity contribution is 0.0455. The molecule has 40 heavy (non-hydrogen) atoms. The van der Waals surface area contributed by atoms with E-state index in [0.29, 0.717) is 30.9 Å². The summed E-state index contributed by atoms with van der Waals surface area (Å²) in [5.41, 5.74) is 3.65. The summed E-state index contributed by atoms with van der Waals surface area (Å²) in [5, 5.41) is 11.9. The van der Waals surface area contributed by atoms with Crippen LogP contribution in [0.15, 0.2) is 47.0 Å². The van der Waals surface area contributed by atoms with Gasteiger partial charge in [-0.25, -0.2) is 4.21 Å². The molecule has 6 nitrogen and oxygen atoms in total. The first-order chi connectivity index (χ1) is 19.1. The standard InChI is InChI=1S/C31H36BrClN2O4S/c1-40(38)13-3-5-23(32)16-28(36)25-9-6-22(25)17-35-18-31(12-2-4-20-14-24(33)8-10-26(20)31)19-39-29-11-7-21(15-27(29)35)30(37)34-40/h7-8,10-11,14-16,22,25,28,36H,1-6,9,12-13,17-19H2,(H,34,37,38)/b23-16-/t22-,25+,28+,31-,40?/m0/s1. The van der Waals surface area contributed by atoms with Crippen molar-refractivity contribution in [1.82, 2.24) is 4.72 Å². The van der Waals surface area contributed by atoms with Gasteiger partial charge in [-0.15, -0.1) is 0 Å². The van der Waals surface area contributed by atoms with E-state index in [2.05, 4.69) is 43.6 Å². The van der Waals surface area contributed by atoms with Gasteiger partial charge in [-0.05, 0) is 115 Å². The molecular weight excluding hydrogens is 612 g/mol. The number of ether oxygens (including phenoxy) is 1. The van der Waals surface area contributed by atoms with E-state index < -0.39 is 21.7 Å². The molecule has 1 spiro atoms. The van der Waals surface area contributed by atoms with E-state index in [-0.39, 0.29) is 17.1 Å². The number of carbonyl (C=O) groups excluding carboxylic acids is 1. The zero-order valence-corrected chi connectivity index (χ0v) is 25.7. The van der Waals surface area contributed by atoms with Gasteiger partial charge in [0.1, 0.15) is 5.75 Å². The van der Waals surface area contributed by atoms with Crippen molar-refractivity contribution in [2.45, 2.75) is 56.5 Å². The Morgan fingerprint density at radius 2 is 2.02 bits per heavy atom. The maximum atomic E-state index is 13.3. The minimum atomic E-state index is -2.82. The fourth-order valence-corrected chi connectivity index (χ4v) is 8.87. The van der Waals surface area contributed by atoms with Crippen LogP contribution < -0.4 is 14.4 Å². The van der Waals surface area contributed by atoms with E-state index in [9.17, 15) is 14.1 Å². The van der Waals surface area contributed by atoms with Crippen molar-refractivity contribution in [3.63, 3.8) is 0 Å². The predicted molar refractivity (Wildman–Crippen MR) is 166 cm³/mol. The third-order valence-electron chi connectivity index (χ3n) is 9.19. The second kappa shape index (κ2) is 11.0. The summed E-state index contributed by atoms with van der Waals surface area (Å²) >= 11 is 9.99. The van der Waals surface area contributed by atoms with E-state index in [1.807, 2.05) is 24.3 Å². The molecule has 2 N–H and O–H groups in total. The number of anilines is 1. The first kappa shape index (κ1) is 28.1. The molecular formula is C31H36BrClN2O4S. The number of carbonyl (C=O) groups is 1. The number of hydrogen-bond acceptors (Lipinski definition) is 5. The minimum Gasteiger partial charge on any atom is -0.490 e. The third-order valence-corrected chi connectivity index (χ3v) is 11.6. The van der Waals surface area contributed by atoms with Gasteiger partial charge >= 0.3 is 0 Å². The van der Waals surface area contributed by atoms with Crippen LogP contribution in [0.1, 0.15) is 60.0 Å². The number of hydrogen-bond donors (Lipinski definition) is 2. The van der Waals surface area contributed by atoms with Gasteiger partial charge in [-0.2, -0.15) is 0 Å². The molecule has 214 valence electrons. The summed E-state index contributed by atoms with van der Waals surface area (Å²) < 4.78 is 23.2. The number of rotatable bonds is 0. The average Bonchev–Trinajstić information content (AvgIpc) is 3.02. The normalized spacial score (nSPS) is 33.8. The second-order valence-corrected chi connectivity index (χ2v) is 15.6. The van der Waals surface area contributed by atoms with Gasteiger partial charge in [-0.1, -0.05) is 33.6 Å². The highest BCUT2D eigenvalue weighted by atomic mass is 79.9. The second-order valence-electron chi connectivity index (χ2n) is 11.9. The molecule has 5 atom stereocenters. The third kappa shape index (κ3) is 5.57. The predicted octanol–water partition coefficient (Wildman–Crippen LogP) is 5.63. The Hall–Kier alpha value is -2.00. The largest absolute Gasteiger partial charge is 0.490 e. The lowest BCUT2D eigenvalue weighted by Crippen LogP contribution is -2.49. The fraction of sp³-hybridized carbons (Fsp3) is 0.484. The molecule has 0 radical (unpaired) electrons. The summed E-state index contributed by atoms with van der Waals surface area (Å²) in [5.74, 6) is 4.90. The number of benzene rings is 2. The average molecular weight is 648 g/mol. The molecule has 1 amide bonds. The van der Waals surface area contributed by atoms with Gasteiger partial charge in [0, 0.05) is 44.6 Å². The first-order valence-electron chi connectivity index (χ1n) is 14.1. The Kier molecular flexibility index (Phi) is 7.74. The number of nitrogens with zero attached hydrogens (tertiary/aromatic N) is 1. The van der Waals surface area contributed by atoms with Crippen molar-refractivity contribution in [1.29, 1.82) is 0 Å². The summed E-state index contributed by atoms with van der Waals surface area (Å²) in [4.78, 5) is 15.6. The monoisotopic (exact) mass is 646 g/mol. The van der Waals surface area contributed by atoms with Crippen LogP contribution in [0.25, 0.3) is 0 Å². The van der Waals surface area contributed by atoms with Crippen LogP contribution in [0.2, 0.25) is 5.02 Å². The number of amides is 1. The topological polar surface area (TPSA) is 78.9 Å². The molecule has 6 rings (SSSR count). The molecule has 2 aliphatic carbocycles. The Balaban J connectivity index is 1.42. The maximum absolute atomic E-state index is 13.3. The highest BCUT2D eigenvalue weighted by Crippen LogP contribution is 2.46. The molecule has 4 aliphatic rings. The highest BCUT2D eigenvalue weighted by Gasteiger charge is 2.44. The number of aliphatic hydroxyl groups is 1. The Morgan fingerprint density at radius 3 is 2.83 bits per heavy atom. The molecule has 2 aromatic rings. The number of nitrogens with one attached hydrogen (secondary N) is 1. The van der Waals surface area contributed by atoms with Crippen LogP contribution in [0.4, 0.5) is 5.69 Å². The zero-order valence-electron chi connectivity index (χ0n) is 22.5. The molecule has 0 aromatic heterocycles. The van der Waals surface area contributed by atoms with Crippen LogP contribution >= 0.6 is 27.5 Å². The number of halogens is 2. The lowest BCUT2D eigenvalue weighted by atomic mass is 9.68. The smallest absolute Gasteiger partial charge is 0.262 e. The van der Waals surface area contributed by atoms with Crippen molar-refractivity contribution in [3.05, 3.63) is 68.7 Å². The molecule has 0 saturated heterocycles. The van der Waals surface area contributed by atoms with Crippen molar-refractivity contribution in [2.75, 3.05) is 30.3 Å². The summed E-state index contributed by atoms with van der Waals surface area (Å²) in [6, 6.07) is 11.7. The van der Waals surface area contributed by atoms with Gasteiger partial charge in [0.2, 0.25) is 0 Å². The van der Waals surface area contributed by atoms with Gasteiger partial charge in [0.05, 0.1) is 18.4 Å². The highest BCUT2D eigenvalue weighted by molar-refractivity contribution is 9.11. The Bertz CT molecular complexity index is 1460. The van der Waals surface area contributed by atoms with E-state index in [1.54, 1.807) is 6.07 Å². The molecule has 2 heterocycles. The van der Waals surface area contributed by atoms with Gasteiger partial charge in [0.15, 0.2) is 0 Å². The van der Waals surface area contributed by atoms with Gasteiger partial charge in [-0.3, -0.25) is 9.52 Å². The van der Waals surface area contributed by atoms with Crippen molar-refractivity contribution >= 4 is 54.7 Å². The quantitative estimate of drug-likeness (QED) is 0.363. The van der Waals surface area contributed by atoms with E-state index in [4.69, 9.17) is 16.3 Å². The molecule has 1 fully saturated rings. The number of allylic oxidation sites excluding steroid dienone is 1. The van der Waals surface area contributed by atoms with Gasteiger partial charge in [0.25, 0.3) is 5.91 Å². The lowest BCUT2D eigenvalue weighted by Gasteiger charge is -2.45. The molecule has 9 heteroatoms. The molecule has 1 unspecified atom stereocenters. The summed E-state index contributed by atoms with van der Waals surface area (Å²) in [6.07, 6.45) is 7.62. The minimum absolute atomic E-state index is 0.157. The van der Waals surface area contributed by atoms with Crippen LogP contribution in [-0.2, 0) is 21.5 Å². The van der Waals surface area contributed by atoms with Gasteiger partial charge < -0.3 is 14.7 Å². The van der Waals surface area contributed by atoms with Crippen molar-refractivity contribution in [2.24, 2.45) is 11.8 Å². The zero-order chi connectivity index (χ0) is 28.1. The maximum Gasteiger partial charge on any atom is 0.262 e. The van der Waals surface area contributed by atoms with Crippen LogP contribution in [0.3, 0.4) is 0 Å². The van der Waals surface area contributed by atoms with E-state index in [1.165, 1.54) is 11.1 Å². The SMILES string of the molecule is C=S1(=O)CCC/C(Br)=C/[C@@H](O)[C@@H]2CC[C@H]2CN2C[C@@]3(CCCc4cc(Cl)ccc43)COc3ccc(cc32)C(=O)N1. The van der Waals surface area contributed by atoms with E-state index >= 15 is 0 Å². The molecule has 1 saturated carbocycles. The van der Waals surface area contributed by atoms with Crippen LogP contribution in [0.5, 0.6) is 5.75 Å². The van der Waals surface area contributed by atoms with Crippen molar-refractivity contribution in [3.8, 4) is 5.75 Å². The summed E-state index contributed by atoms with van der Waals surface area (Å²) in [6.45, 7) is 2.03. The number of fused-ring (bicyclic) bond motifs is 4. The number of aryl methyl sites for hydroxylation is 1. The fourth-order valence-electron chi connectivity index (χ4n) is 6.95. The van der Waals surface area contributed by atoms with Crippen molar-refractivity contribution < 1.29 is 18.8 Å². The van der Waals surface area contributed by atoms with Crippen LogP contribution in [0, 0.1) is 11.8 Å².